The highest BCUT2D eigenvalue weighted by molar-refractivity contribution is 6.30. The van der Waals surface area contributed by atoms with E-state index in [4.69, 9.17) is 11.6 Å². The first-order valence-corrected chi connectivity index (χ1v) is 5.99. The van der Waals surface area contributed by atoms with Crippen LogP contribution in [0.1, 0.15) is 31.7 Å². The highest BCUT2D eigenvalue weighted by atomic mass is 35.5. The van der Waals surface area contributed by atoms with Crippen molar-refractivity contribution in [3.05, 3.63) is 17.0 Å². The molecule has 5 nitrogen and oxygen atoms in total. The van der Waals surface area contributed by atoms with Crippen molar-refractivity contribution in [2.24, 2.45) is 0 Å². The van der Waals surface area contributed by atoms with E-state index in [0.717, 1.165) is 11.4 Å². The monoisotopic (exact) mass is 254 g/mol. The molecule has 0 aromatic carbocycles. The first kappa shape index (κ1) is 12.1. The van der Waals surface area contributed by atoms with Gasteiger partial charge in [-0.05, 0) is 5.92 Å². The smallest absolute Gasteiger partial charge is 0.222 e. The second kappa shape index (κ2) is 4.87. The van der Waals surface area contributed by atoms with E-state index in [1.165, 1.54) is 6.33 Å². The van der Waals surface area contributed by atoms with Gasteiger partial charge in [-0.15, -0.1) is 0 Å². The lowest BCUT2D eigenvalue weighted by atomic mass is 10.1. The number of nitrogens with zero attached hydrogens (tertiary/aromatic N) is 2. The Hall–Kier alpha value is -1.36. The maximum Gasteiger partial charge on any atom is 0.222 e. The number of carbonyl (C=O) groups excluding carboxylic acids is 1. The highest BCUT2D eigenvalue weighted by Crippen LogP contribution is 2.28. The fourth-order valence-electron chi connectivity index (χ4n) is 1.90. The zero-order valence-electron chi connectivity index (χ0n) is 9.83. The van der Waals surface area contributed by atoms with Gasteiger partial charge in [-0.3, -0.25) is 4.79 Å². The fourth-order valence-corrected chi connectivity index (χ4v) is 2.25. The summed E-state index contributed by atoms with van der Waals surface area (Å²) in [5.74, 6) is 1.02. The summed E-state index contributed by atoms with van der Waals surface area (Å²) in [4.78, 5) is 19.3. The standard InChI is InChI=1S/C11H15ClN4O/c1-6(2)9-10(12)14-5-15-11(9)16-7-3-8(17)13-4-7/h5-7H,3-4H2,1-2H3,(H,13,17)(H,14,15,16). The van der Waals surface area contributed by atoms with Crippen LogP contribution in [0.3, 0.4) is 0 Å². The summed E-state index contributed by atoms with van der Waals surface area (Å²) in [6, 6.07) is 0.0750. The molecule has 0 saturated carbocycles. The Kier molecular flexibility index (Phi) is 3.47. The zero-order valence-corrected chi connectivity index (χ0v) is 10.6. The van der Waals surface area contributed by atoms with Gasteiger partial charge in [-0.1, -0.05) is 25.4 Å². The third-order valence-electron chi connectivity index (χ3n) is 2.73. The van der Waals surface area contributed by atoms with Crippen LogP contribution < -0.4 is 10.6 Å². The Bertz CT molecular complexity index is 435. The van der Waals surface area contributed by atoms with Crippen molar-refractivity contribution in [1.82, 2.24) is 15.3 Å². The largest absolute Gasteiger partial charge is 0.365 e. The van der Waals surface area contributed by atoms with Gasteiger partial charge in [0.15, 0.2) is 0 Å². The van der Waals surface area contributed by atoms with Gasteiger partial charge in [0.1, 0.15) is 17.3 Å². The van der Waals surface area contributed by atoms with E-state index in [2.05, 4.69) is 20.6 Å². The molecule has 2 rings (SSSR count). The number of halogens is 1. The SMILES string of the molecule is CC(C)c1c(Cl)ncnc1NC1CNC(=O)C1. The number of nitrogens with one attached hydrogen (secondary N) is 2. The van der Waals surface area contributed by atoms with Crippen molar-refractivity contribution in [3.8, 4) is 0 Å². The molecule has 1 aromatic heterocycles. The summed E-state index contributed by atoms with van der Waals surface area (Å²) in [7, 11) is 0. The second-order valence-electron chi connectivity index (χ2n) is 4.43. The van der Waals surface area contributed by atoms with E-state index in [0.29, 0.717) is 18.1 Å². The molecule has 1 fully saturated rings. The van der Waals surface area contributed by atoms with Crippen molar-refractivity contribution in [2.75, 3.05) is 11.9 Å². The molecule has 1 aliphatic heterocycles. The van der Waals surface area contributed by atoms with Crippen LogP contribution in [0.25, 0.3) is 0 Å². The number of amides is 1. The van der Waals surface area contributed by atoms with Gasteiger partial charge in [-0.25, -0.2) is 9.97 Å². The normalized spacial score (nSPS) is 19.5. The van der Waals surface area contributed by atoms with E-state index in [1.54, 1.807) is 0 Å². The number of anilines is 1. The Balaban J connectivity index is 2.20. The Morgan fingerprint density at radius 3 is 2.88 bits per heavy atom. The van der Waals surface area contributed by atoms with Crippen LogP contribution in [0.15, 0.2) is 6.33 Å². The lowest BCUT2D eigenvalue weighted by Crippen LogP contribution is -2.24. The molecular weight excluding hydrogens is 240 g/mol. The zero-order chi connectivity index (χ0) is 12.4. The van der Waals surface area contributed by atoms with E-state index in [-0.39, 0.29) is 17.9 Å². The molecule has 1 aromatic rings. The minimum Gasteiger partial charge on any atom is -0.365 e. The predicted octanol–water partition coefficient (Wildman–Crippen LogP) is 1.55. The molecule has 2 heterocycles. The van der Waals surface area contributed by atoms with Gasteiger partial charge in [0, 0.05) is 18.5 Å². The Labute approximate surface area is 105 Å². The van der Waals surface area contributed by atoms with Gasteiger partial charge in [-0.2, -0.15) is 0 Å². The summed E-state index contributed by atoms with van der Waals surface area (Å²) in [6.07, 6.45) is 1.90. The lowest BCUT2D eigenvalue weighted by Gasteiger charge is -2.17. The van der Waals surface area contributed by atoms with Crippen molar-refractivity contribution in [1.29, 1.82) is 0 Å². The minimum absolute atomic E-state index is 0.0637. The topological polar surface area (TPSA) is 66.9 Å². The Morgan fingerprint density at radius 1 is 1.53 bits per heavy atom. The van der Waals surface area contributed by atoms with Crippen LogP contribution in [-0.2, 0) is 4.79 Å². The van der Waals surface area contributed by atoms with Crippen LogP contribution in [0.5, 0.6) is 0 Å². The van der Waals surface area contributed by atoms with E-state index in [1.807, 2.05) is 13.8 Å². The number of hydrogen-bond donors (Lipinski definition) is 2. The molecule has 6 heteroatoms. The van der Waals surface area contributed by atoms with Gasteiger partial charge in [0.2, 0.25) is 5.91 Å². The number of aromatic nitrogens is 2. The van der Waals surface area contributed by atoms with Crippen molar-refractivity contribution in [2.45, 2.75) is 32.2 Å². The van der Waals surface area contributed by atoms with Gasteiger partial charge >= 0.3 is 0 Å². The molecule has 92 valence electrons. The molecular formula is C11H15ClN4O. The van der Waals surface area contributed by atoms with Crippen molar-refractivity contribution in [3.63, 3.8) is 0 Å². The van der Waals surface area contributed by atoms with Crippen LogP contribution >= 0.6 is 11.6 Å². The molecule has 1 unspecified atom stereocenters. The van der Waals surface area contributed by atoms with E-state index >= 15 is 0 Å². The molecule has 1 amide bonds. The number of carbonyl (C=O) groups is 1. The highest BCUT2D eigenvalue weighted by Gasteiger charge is 2.23. The maximum absolute atomic E-state index is 11.1. The Morgan fingerprint density at radius 2 is 2.29 bits per heavy atom. The van der Waals surface area contributed by atoms with Gasteiger partial charge in [0.25, 0.3) is 0 Å². The van der Waals surface area contributed by atoms with E-state index in [9.17, 15) is 4.79 Å². The third kappa shape index (κ3) is 2.66. The first-order chi connectivity index (χ1) is 8.08. The van der Waals surface area contributed by atoms with Crippen LogP contribution in [-0.4, -0.2) is 28.5 Å². The number of rotatable bonds is 3. The third-order valence-corrected chi connectivity index (χ3v) is 3.03. The molecule has 1 aliphatic rings. The fraction of sp³-hybridized carbons (Fsp3) is 0.545. The average molecular weight is 255 g/mol. The molecule has 0 aliphatic carbocycles. The predicted molar refractivity (Wildman–Crippen MR) is 66.2 cm³/mol. The molecule has 1 atom stereocenters. The summed E-state index contributed by atoms with van der Waals surface area (Å²) >= 11 is 6.06. The minimum atomic E-state index is 0.0637. The quantitative estimate of drug-likeness (QED) is 0.804. The van der Waals surface area contributed by atoms with Crippen molar-refractivity contribution < 1.29 is 4.79 Å². The van der Waals surface area contributed by atoms with E-state index < -0.39 is 0 Å². The van der Waals surface area contributed by atoms with Crippen LogP contribution in [0.4, 0.5) is 5.82 Å². The summed E-state index contributed by atoms with van der Waals surface area (Å²) < 4.78 is 0. The average Bonchev–Trinajstić information content (AvgIpc) is 2.63. The van der Waals surface area contributed by atoms with Gasteiger partial charge in [0.05, 0.1) is 6.04 Å². The van der Waals surface area contributed by atoms with Crippen LogP contribution in [0, 0.1) is 0 Å². The molecule has 0 bridgehead atoms. The summed E-state index contributed by atoms with van der Waals surface area (Å²) in [5, 5.41) is 6.49. The molecule has 0 radical (unpaired) electrons. The summed E-state index contributed by atoms with van der Waals surface area (Å²) in [6.45, 7) is 4.69. The second-order valence-corrected chi connectivity index (χ2v) is 4.79. The molecule has 0 spiro atoms. The maximum atomic E-state index is 11.1. The van der Waals surface area contributed by atoms with Crippen molar-refractivity contribution >= 4 is 23.3 Å². The summed E-state index contributed by atoms with van der Waals surface area (Å²) in [5.41, 5.74) is 0.897. The lowest BCUT2D eigenvalue weighted by molar-refractivity contribution is -0.119. The molecule has 2 N–H and O–H groups in total. The number of hydrogen-bond acceptors (Lipinski definition) is 4. The van der Waals surface area contributed by atoms with Gasteiger partial charge < -0.3 is 10.6 Å². The molecule has 1 saturated heterocycles. The first-order valence-electron chi connectivity index (χ1n) is 5.61. The molecule has 17 heavy (non-hydrogen) atoms. The van der Waals surface area contributed by atoms with Crippen LogP contribution in [0.2, 0.25) is 5.15 Å².